The third kappa shape index (κ3) is 8.35. The summed E-state index contributed by atoms with van der Waals surface area (Å²) in [5.41, 5.74) is 0.0623. The molecule has 214 valence electrons. The molecule has 1 aliphatic rings. The van der Waals surface area contributed by atoms with E-state index in [9.17, 15) is 31.2 Å². The van der Waals surface area contributed by atoms with Crippen LogP contribution in [-0.4, -0.2) is 50.0 Å². The average molecular weight is 588 g/mol. The fraction of sp³-hybridized carbons (Fsp3) is 0.481. The normalized spacial score (nSPS) is 15.5. The fourth-order valence-electron chi connectivity index (χ4n) is 4.66. The van der Waals surface area contributed by atoms with Crippen LogP contribution in [0.4, 0.5) is 18.9 Å². The number of carbonyl (C=O) groups excluding carboxylic acids is 2. The molecule has 1 aliphatic carbocycles. The van der Waals surface area contributed by atoms with Gasteiger partial charge in [0.2, 0.25) is 21.8 Å². The largest absolute Gasteiger partial charge is 0.417 e. The minimum atomic E-state index is -4.83. The summed E-state index contributed by atoms with van der Waals surface area (Å²) in [5, 5.41) is 2.40. The number of amides is 2. The zero-order chi connectivity index (χ0) is 29.0. The van der Waals surface area contributed by atoms with Gasteiger partial charge < -0.3 is 10.2 Å². The Morgan fingerprint density at radius 1 is 1.10 bits per heavy atom. The molecule has 2 aromatic carbocycles. The number of aryl methyl sites for hydroxylation is 1. The molecule has 3 rings (SSSR count). The van der Waals surface area contributed by atoms with Gasteiger partial charge >= 0.3 is 6.18 Å². The molecule has 7 nitrogen and oxygen atoms in total. The summed E-state index contributed by atoms with van der Waals surface area (Å²) in [4.78, 5) is 28.1. The van der Waals surface area contributed by atoms with Crippen molar-refractivity contribution in [2.75, 3.05) is 17.1 Å². The van der Waals surface area contributed by atoms with Crippen LogP contribution in [0.25, 0.3) is 0 Å². The van der Waals surface area contributed by atoms with E-state index in [1.165, 1.54) is 4.90 Å². The van der Waals surface area contributed by atoms with Gasteiger partial charge in [0.1, 0.15) is 12.6 Å². The lowest BCUT2D eigenvalue weighted by Gasteiger charge is -2.33. The molecular formula is C27H33ClF3N3O4S. The number of rotatable bonds is 9. The van der Waals surface area contributed by atoms with Gasteiger partial charge in [-0.15, -0.1) is 0 Å². The summed E-state index contributed by atoms with van der Waals surface area (Å²) < 4.78 is 66.3. The molecule has 12 heteroatoms. The van der Waals surface area contributed by atoms with Crippen molar-refractivity contribution in [3.05, 3.63) is 64.2 Å². The van der Waals surface area contributed by atoms with Crippen molar-refractivity contribution in [3.8, 4) is 0 Å². The molecule has 1 saturated carbocycles. The highest BCUT2D eigenvalue weighted by Gasteiger charge is 2.36. The van der Waals surface area contributed by atoms with Crippen molar-refractivity contribution in [1.29, 1.82) is 0 Å². The van der Waals surface area contributed by atoms with Crippen molar-refractivity contribution in [2.45, 2.75) is 70.8 Å². The van der Waals surface area contributed by atoms with E-state index in [1.807, 2.05) is 19.1 Å². The summed E-state index contributed by atoms with van der Waals surface area (Å²) in [6.45, 7) is 2.64. The number of sulfonamides is 1. The van der Waals surface area contributed by atoms with Gasteiger partial charge in [-0.05, 0) is 50.5 Å². The molecule has 2 aromatic rings. The van der Waals surface area contributed by atoms with Crippen LogP contribution >= 0.6 is 11.6 Å². The number of hydrogen-bond donors (Lipinski definition) is 1. The Hall–Kier alpha value is -2.79. The summed E-state index contributed by atoms with van der Waals surface area (Å²) in [7, 11) is -4.20. The third-order valence-electron chi connectivity index (χ3n) is 6.78. The van der Waals surface area contributed by atoms with E-state index in [0.717, 1.165) is 61.6 Å². The maximum atomic E-state index is 13.6. The molecule has 0 heterocycles. The number of hydrogen-bond acceptors (Lipinski definition) is 4. The molecule has 39 heavy (non-hydrogen) atoms. The van der Waals surface area contributed by atoms with Crippen LogP contribution < -0.4 is 9.62 Å². The van der Waals surface area contributed by atoms with E-state index in [4.69, 9.17) is 11.6 Å². The second-order valence-corrected chi connectivity index (χ2v) is 12.3. The van der Waals surface area contributed by atoms with Crippen LogP contribution in [0.5, 0.6) is 0 Å². The quantitative estimate of drug-likeness (QED) is 0.431. The Balaban J connectivity index is 1.93. The van der Waals surface area contributed by atoms with Gasteiger partial charge in [-0.3, -0.25) is 13.9 Å². The molecule has 0 aromatic heterocycles. The number of anilines is 1. The first-order valence-electron chi connectivity index (χ1n) is 12.7. The van der Waals surface area contributed by atoms with Crippen molar-refractivity contribution in [3.63, 3.8) is 0 Å². The molecular weight excluding hydrogens is 555 g/mol. The molecule has 1 N–H and O–H groups in total. The van der Waals surface area contributed by atoms with E-state index in [-0.39, 0.29) is 24.2 Å². The van der Waals surface area contributed by atoms with Crippen molar-refractivity contribution < 1.29 is 31.2 Å². The van der Waals surface area contributed by atoms with Crippen LogP contribution in [0.3, 0.4) is 0 Å². The minimum Gasteiger partial charge on any atom is -0.352 e. The summed E-state index contributed by atoms with van der Waals surface area (Å²) in [6.07, 6.45) is 0.733. The fourth-order valence-corrected chi connectivity index (χ4v) is 5.72. The maximum absolute atomic E-state index is 13.6. The highest BCUT2D eigenvalue weighted by atomic mass is 35.5. The monoisotopic (exact) mass is 587 g/mol. The Bertz CT molecular complexity index is 1300. The molecule has 0 bridgehead atoms. The van der Waals surface area contributed by atoms with Gasteiger partial charge in [-0.2, -0.15) is 13.2 Å². The van der Waals surface area contributed by atoms with Gasteiger partial charge in [-0.25, -0.2) is 8.42 Å². The summed E-state index contributed by atoms with van der Waals surface area (Å²) in [6, 6.07) is 8.97. The smallest absolute Gasteiger partial charge is 0.352 e. The summed E-state index contributed by atoms with van der Waals surface area (Å²) in [5.74, 6) is -1.11. The van der Waals surface area contributed by atoms with Gasteiger partial charge in [-0.1, -0.05) is 60.7 Å². The van der Waals surface area contributed by atoms with E-state index in [2.05, 4.69) is 5.32 Å². The van der Waals surface area contributed by atoms with Crippen molar-refractivity contribution in [2.24, 2.45) is 0 Å². The number of alkyl halides is 3. The van der Waals surface area contributed by atoms with Gasteiger partial charge in [0.05, 0.1) is 22.5 Å². The van der Waals surface area contributed by atoms with Crippen LogP contribution in [-0.2, 0) is 32.3 Å². The Labute approximate surface area is 232 Å². The van der Waals surface area contributed by atoms with Crippen LogP contribution in [0.2, 0.25) is 5.02 Å². The van der Waals surface area contributed by atoms with Crippen LogP contribution in [0, 0.1) is 6.92 Å². The molecule has 0 radical (unpaired) electrons. The Kier molecular flexibility index (Phi) is 9.93. The molecule has 2 amide bonds. The number of benzene rings is 2. The first kappa shape index (κ1) is 30.7. The predicted molar refractivity (Wildman–Crippen MR) is 145 cm³/mol. The van der Waals surface area contributed by atoms with E-state index < -0.39 is 45.3 Å². The van der Waals surface area contributed by atoms with Crippen molar-refractivity contribution in [1.82, 2.24) is 10.2 Å². The Morgan fingerprint density at radius 2 is 1.77 bits per heavy atom. The lowest BCUT2D eigenvalue weighted by molar-refractivity contribution is -0.139. The maximum Gasteiger partial charge on any atom is 0.417 e. The highest BCUT2D eigenvalue weighted by Crippen LogP contribution is 2.37. The molecule has 0 spiro atoms. The zero-order valence-electron chi connectivity index (χ0n) is 22.1. The molecule has 0 saturated heterocycles. The number of carbonyl (C=O) groups is 2. The van der Waals surface area contributed by atoms with Gasteiger partial charge in [0.15, 0.2) is 0 Å². The standard InChI is InChI=1S/C27H33ClF3N3O4S/c1-18-8-7-9-20(14-18)16-33(19(2)26(36)32-21-10-5-4-6-11-21)25(35)17-34(39(3,37)38)22-12-13-24(28)23(15-22)27(29,30)31/h7-9,12-15,19,21H,4-6,10-11,16-17H2,1-3H3,(H,32,36)/t19-/m0/s1. The third-order valence-corrected chi connectivity index (χ3v) is 8.25. The summed E-state index contributed by atoms with van der Waals surface area (Å²) >= 11 is 5.71. The van der Waals surface area contributed by atoms with E-state index in [0.29, 0.717) is 10.4 Å². The molecule has 1 atom stereocenters. The average Bonchev–Trinajstić information content (AvgIpc) is 2.85. The second-order valence-electron chi connectivity index (χ2n) is 9.96. The van der Waals surface area contributed by atoms with Crippen LogP contribution in [0.15, 0.2) is 42.5 Å². The number of halogens is 4. The minimum absolute atomic E-state index is 0.00574. The lowest BCUT2D eigenvalue weighted by Crippen LogP contribution is -2.53. The first-order chi connectivity index (χ1) is 18.2. The van der Waals surface area contributed by atoms with Gasteiger partial charge in [0.25, 0.3) is 0 Å². The number of nitrogens with zero attached hydrogens (tertiary/aromatic N) is 2. The Morgan fingerprint density at radius 3 is 2.36 bits per heavy atom. The SMILES string of the molecule is Cc1cccc(CN(C(=O)CN(c2ccc(Cl)c(C(F)(F)F)c2)S(C)(=O)=O)[C@@H](C)C(=O)NC2CCCCC2)c1. The van der Waals surface area contributed by atoms with Crippen molar-refractivity contribution >= 4 is 39.1 Å². The number of nitrogens with one attached hydrogen (secondary N) is 1. The van der Waals surface area contributed by atoms with Gasteiger partial charge in [0, 0.05) is 12.6 Å². The van der Waals surface area contributed by atoms with E-state index in [1.54, 1.807) is 19.1 Å². The lowest BCUT2D eigenvalue weighted by atomic mass is 9.95. The highest BCUT2D eigenvalue weighted by molar-refractivity contribution is 7.92. The molecule has 1 fully saturated rings. The van der Waals surface area contributed by atoms with Crippen LogP contribution in [0.1, 0.15) is 55.7 Å². The zero-order valence-corrected chi connectivity index (χ0v) is 23.7. The molecule has 0 aliphatic heterocycles. The predicted octanol–water partition coefficient (Wildman–Crippen LogP) is 5.30. The topological polar surface area (TPSA) is 86.8 Å². The van der Waals surface area contributed by atoms with E-state index >= 15 is 0 Å². The molecule has 0 unspecified atom stereocenters. The first-order valence-corrected chi connectivity index (χ1v) is 14.9. The second kappa shape index (κ2) is 12.6.